The molecule has 4 amide bonds. The maximum Gasteiger partial charge on any atom is 0.322 e. The van der Waals surface area contributed by atoms with Gasteiger partial charge in [-0.2, -0.15) is 0 Å². The second-order valence-corrected chi connectivity index (χ2v) is 10.9. The Bertz CT molecular complexity index is 656. The predicted molar refractivity (Wildman–Crippen MR) is 94.0 cm³/mol. The van der Waals surface area contributed by atoms with E-state index in [9.17, 15) is 14.4 Å². The molecule has 2 saturated heterocycles. The summed E-state index contributed by atoms with van der Waals surface area (Å²) in [5.41, 5.74) is -0.995. The summed E-state index contributed by atoms with van der Waals surface area (Å²) in [6, 6.07) is -0.410. The van der Waals surface area contributed by atoms with E-state index < -0.39 is 11.6 Å². The van der Waals surface area contributed by atoms with Gasteiger partial charge in [0.25, 0.3) is 5.91 Å². The largest absolute Gasteiger partial charge is 0.342 e. The zero-order valence-corrected chi connectivity index (χ0v) is 15.9. The molecule has 6 rings (SSSR count). The highest BCUT2D eigenvalue weighted by atomic mass is 79.9. The summed E-state index contributed by atoms with van der Waals surface area (Å²) >= 11 is 3.98. The quantitative estimate of drug-likeness (QED) is 0.512. The zero-order valence-electron chi connectivity index (χ0n) is 14.3. The van der Waals surface area contributed by atoms with Crippen molar-refractivity contribution in [3.8, 4) is 0 Å². The first-order chi connectivity index (χ1) is 11.8. The van der Waals surface area contributed by atoms with Gasteiger partial charge in [0.05, 0.1) is 5.41 Å². The number of nitrogens with zero attached hydrogens (tertiary/aromatic N) is 1. The molecule has 6 aliphatic rings. The molecular formula is C18H24BrN3O3. The molecule has 2 N–H and O–H groups in total. The van der Waals surface area contributed by atoms with Crippen LogP contribution in [-0.2, 0) is 9.59 Å². The predicted octanol–water partition coefficient (Wildman–Crippen LogP) is 1.92. The van der Waals surface area contributed by atoms with Crippen LogP contribution < -0.4 is 10.6 Å². The van der Waals surface area contributed by atoms with Gasteiger partial charge < -0.3 is 10.2 Å². The second-order valence-electron chi connectivity index (χ2n) is 9.17. The number of rotatable bonds is 1. The molecule has 2 unspecified atom stereocenters. The lowest BCUT2D eigenvalue weighted by Gasteiger charge is -2.60. The molecule has 0 radical (unpaired) electrons. The molecule has 4 aliphatic carbocycles. The van der Waals surface area contributed by atoms with Gasteiger partial charge in [-0.25, -0.2) is 4.79 Å². The van der Waals surface area contributed by atoms with Crippen LogP contribution in [0.25, 0.3) is 0 Å². The minimum absolute atomic E-state index is 0.170. The number of alkyl halides is 1. The molecule has 2 heterocycles. The first-order valence-corrected chi connectivity index (χ1v) is 10.2. The van der Waals surface area contributed by atoms with Crippen molar-refractivity contribution >= 4 is 33.8 Å². The van der Waals surface area contributed by atoms with Crippen LogP contribution in [-0.4, -0.2) is 45.7 Å². The summed E-state index contributed by atoms with van der Waals surface area (Å²) in [4.78, 5) is 39.0. The van der Waals surface area contributed by atoms with Gasteiger partial charge in [0, 0.05) is 17.4 Å². The number of amides is 4. The van der Waals surface area contributed by atoms with E-state index in [0.29, 0.717) is 43.7 Å². The van der Waals surface area contributed by atoms with Crippen LogP contribution in [0.5, 0.6) is 0 Å². The van der Waals surface area contributed by atoms with Crippen LogP contribution in [0, 0.1) is 17.3 Å². The standard InChI is InChI=1S/C18H24BrN3O3/c19-17-8-11-5-12(9-17)7-16(6-11,10-17)14(24)22-3-1-18(2-4-22)13(23)20-15(25)21-18/h11-12H,1-10H2,(H2,20,21,23,25). The Labute approximate surface area is 155 Å². The Morgan fingerprint density at radius 2 is 1.72 bits per heavy atom. The van der Waals surface area contributed by atoms with Crippen LogP contribution in [0.3, 0.4) is 0 Å². The molecule has 6 nitrogen and oxygen atoms in total. The number of carbonyl (C=O) groups excluding carboxylic acids is 3. The molecule has 25 heavy (non-hydrogen) atoms. The van der Waals surface area contributed by atoms with E-state index in [1.165, 1.54) is 19.3 Å². The van der Waals surface area contributed by atoms with Crippen molar-refractivity contribution in [1.29, 1.82) is 0 Å². The highest BCUT2D eigenvalue weighted by Gasteiger charge is 2.61. The fourth-order valence-electron chi connectivity index (χ4n) is 6.71. The Hall–Kier alpha value is -1.11. The Morgan fingerprint density at radius 1 is 1.08 bits per heavy atom. The molecule has 0 aromatic heterocycles. The van der Waals surface area contributed by atoms with Crippen molar-refractivity contribution in [3.05, 3.63) is 0 Å². The zero-order chi connectivity index (χ0) is 17.4. The van der Waals surface area contributed by atoms with Crippen molar-refractivity contribution in [2.75, 3.05) is 13.1 Å². The number of halogens is 1. The average Bonchev–Trinajstić information content (AvgIpc) is 2.78. The topological polar surface area (TPSA) is 78.5 Å². The maximum atomic E-state index is 13.5. The summed E-state index contributed by atoms with van der Waals surface area (Å²) in [6.07, 6.45) is 7.78. The lowest BCUT2D eigenvalue weighted by atomic mass is 9.49. The highest BCUT2D eigenvalue weighted by Crippen LogP contribution is 2.64. The number of carbonyl (C=O) groups is 3. The SMILES string of the molecule is O=C1NC(=O)C2(CCN(C(=O)C34CC5CC(CC(Br)(C5)C3)C4)CC2)N1. The number of urea groups is 1. The maximum absolute atomic E-state index is 13.5. The van der Waals surface area contributed by atoms with Crippen molar-refractivity contribution in [3.63, 3.8) is 0 Å². The van der Waals surface area contributed by atoms with E-state index in [0.717, 1.165) is 19.3 Å². The fraction of sp³-hybridized carbons (Fsp3) is 0.833. The Kier molecular flexibility index (Phi) is 3.21. The summed E-state index contributed by atoms with van der Waals surface area (Å²) < 4.78 is 0.170. The van der Waals surface area contributed by atoms with Gasteiger partial charge in [-0.05, 0) is 63.2 Å². The smallest absolute Gasteiger partial charge is 0.322 e. The molecule has 0 aromatic rings. The first-order valence-electron chi connectivity index (χ1n) is 9.44. The molecule has 7 heteroatoms. The van der Waals surface area contributed by atoms with Crippen molar-refractivity contribution < 1.29 is 14.4 Å². The highest BCUT2D eigenvalue weighted by molar-refractivity contribution is 9.10. The molecule has 2 aliphatic heterocycles. The summed E-state index contributed by atoms with van der Waals surface area (Å²) in [7, 11) is 0. The van der Waals surface area contributed by atoms with E-state index in [1.807, 2.05) is 4.90 Å². The van der Waals surface area contributed by atoms with Gasteiger partial charge in [0.1, 0.15) is 5.54 Å². The van der Waals surface area contributed by atoms with Gasteiger partial charge in [0.15, 0.2) is 0 Å². The third-order valence-electron chi connectivity index (χ3n) is 7.36. The van der Waals surface area contributed by atoms with Crippen LogP contribution in [0.4, 0.5) is 4.79 Å². The first kappa shape index (κ1) is 16.1. The van der Waals surface area contributed by atoms with Crippen LogP contribution in [0.2, 0.25) is 0 Å². The van der Waals surface area contributed by atoms with E-state index in [4.69, 9.17) is 0 Å². The van der Waals surface area contributed by atoms with E-state index in [2.05, 4.69) is 26.6 Å². The fourth-order valence-corrected chi connectivity index (χ4v) is 8.16. The summed E-state index contributed by atoms with van der Waals surface area (Å²) in [6.45, 7) is 1.11. The van der Waals surface area contributed by atoms with Gasteiger partial charge in [0.2, 0.25) is 5.91 Å². The number of piperidine rings is 1. The van der Waals surface area contributed by atoms with Crippen molar-refractivity contribution in [2.24, 2.45) is 17.3 Å². The molecule has 0 aromatic carbocycles. The van der Waals surface area contributed by atoms with Gasteiger partial charge in [-0.3, -0.25) is 14.9 Å². The lowest BCUT2D eigenvalue weighted by Crippen LogP contribution is -2.62. The molecule has 4 bridgehead atoms. The van der Waals surface area contributed by atoms with Gasteiger partial charge in [-0.15, -0.1) is 0 Å². The van der Waals surface area contributed by atoms with Gasteiger partial charge >= 0.3 is 6.03 Å². The second kappa shape index (κ2) is 4.99. The number of nitrogens with one attached hydrogen (secondary N) is 2. The Morgan fingerprint density at radius 3 is 2.24 bits per heavy atom. The number of hydrogen-bond acceptors (Lipinski definition) is 3. The molecule has 4 saturated carbocycles. The minimum atomic E-state index is -0.800. The van der Waals surface area contributed by atoms with E-state index in [1.54, 1.807) is 0 Å². The Balaban J connectivity index is 1.33. The van der Waals surface area contributed by atoms with Crippen molar-refractivity contribution in [2.45, 2.75) is 61.2 Å². The molecule has 6 fully saturated rings. The summed E-state index contributed by atoms with van der Waals surface area (Å²) in [5, 5.41) is 5.11. The average molecular weight is 410 g/mol. The number of likely N-dealkylation sites (tertiary alicyclic amines) is 1. The third-order valence-corrected chi connectivity index (χ3v) is 8.29. The van der Waals surface area contributed by atoms with Crippen molar-refractivity contribution in [1.82, 2.24) is 15.5 Å². The number of hydrogen-bond donors (Lipinski definition) is 2. The van der Waals surface area contributed by atoms with Crippen LogP contribution >= 0.6 is 15.9 Å². The molecular weight excluding hydrogens is 386 g/mol. The van der Waals surface area contributed by atoms with Crippen LogP contribution in [0.1, 0.15) is 51.4 Å². The third kappa shape index (κ3) is 2.30. The van der Waals surface area contributed by atoms with E-state index >= 15 is 0 Å². The normalized spacial score (nSPS) is 44.1. The number of imide groups is 1. The molecule has 136 valence electrons. The monoisotopic (exact) mass is 409 g/mol. The van der Waals surface area contributed by atoms with E-state index in [-0.39, 0.29) is 15.6 Å². The van der Waals surface area contributed by atoms with Gasteiger partial charge in [-0.1, -0.05) is 15.9 Å². The minimum Gasteiger partial charge on any atom is -0.342 e. The summed E-state index contributed by atoms with van der Waals surface area (Å²) in [5.74, 6) is 1.42. The van der Waals surface area contributed by atoms with Crippen LogP contribution in [0.15, 0.2) is 0 Å². The molecule has 1 spiro atoms. The lowest BCUT2D eigenvalue weighted by molar-refractivity contribution is -0.157. The molecule has 2 atom stereocenters.